The topological polar surface area (TPSA) is 42.0 Å². The minimum atomic E-state index is -0.0406. The Kier molecular flexibility index (Phi) is 4.37. The number of rotatable bonds is 2. The van der Waals surface area contributed by atoms with E-state index in [0.29, 0.717) is 16.8 Å². The minimum absolute atomic E-state index is 0.0406. The molecule has 92 valence electrons. The zero-order valence-corrected chi connectivity index (χ0v) is 10.5. The third-order valence-electron chi connectivity index (χ3n) is 3.18. The molecule has 1 aromatic rings. The van der Waals surface area contributed by atoms with Crippen LogP contribution in [0.5, 0.6) is 0 Å². The largest absolute Gasteiger partial charge is 0.349 e. The van der Waals surface area contributed by atoms with Crippen LogP contribution in [0, 0.1) is 0 Å². The summed E-state index contributed by atoms with van der Waals surface area (Å²) in [6, 6.07) is 3.61. The second-order valence-corrected chi connectivity index (χ2v) is 4.92. The molecule has 2 rings (SSSR count). The van der Waals surface area contributed by atoms with Crippen molar-refractivity contribution in [2.75, 3.05) is 0 Å². The van der Waals surface area contributed by atoms with E-state index in [-0.39, 0.29) is 5.91 Å². The second-order valence-electron chi connectivity index (χ2n) is 4.53. The molecular weight excluding hydrogens is 236 g/mol. The number of carbonyl (C=O) groups is 1. The Hall–Kier alpha value is -1.09. The molecule has 0 atom stereocenters. The molecule has 0 aromatic carbocycles. The van der Waals surface area contributed by atoms with E-state index in [1.807, 2.05) is 0 Å². The van der Waals surface area contributed by atoms with E-state index < -0.39 is 0 Å². The highest BCUT2D eigenvalue weighted by atomic mass is 35.5. The van der Waals surface area contributed by atoms with Gasteiger partial charge in [0.05, 0.1) is 0 Å². The van der Waals surface area contributed by atoms with Crippen LogP contribution in [0.15, 0.2) is 18.3 Å². The van der Waals surface area contributed by atoms with Crippen LogP contribution < -0.4 is 5.32 Å². The van der Waals surface area contributed by atoms with Crippen molar-refractivity contribution in [1.29, 1.82) is 0 Å². The molecule has 0 radical (unpaired) electrons. The van der Waals surface area contributed by atoms with Gasteiger partial charge in [-0.05, 0) is 25.0 Å². The van der Waals surface area contributed by atoms with Gasteiger partial charge in [0.15, 0.2) is 0 Å². The van der Waals surface area contributed by atoms with Crippen LogP contribution in [0.4, 0.5) is 0 Å². The Labute approximate surface area is 107 Å². The van der Waals surface area contributed by atoms with Gasteiger partial charge < -0.3 is 5.32 Å². The molecule has 17 heavy (non-hydrogen) atoms. The first-order valence-corrected chi connectivity index (χ1v) is 6.56. The molecule has 1 aliphatic rings. The van der Waals surface area contributed by atoms with Crippen molar-refractivity contribution in [2.24, 2.45) is 0 Å². The maximum absolute atomic E-state index is 12.0. The van der Waals surface area contributed by atoms with Gasteiger partial charge in [-0.15, -0.1) is 0 Å². The fourth-order valence-corrected chi connectivity index (χ4v) is 2.41. The van der Waals surface area contributed by atoms with Crippen LogP contribution in [0.3, 0.4) is 0 Å². The molecule has 1 aliphatic carbocycles. The lowest BCUT2D eigenvalue weighted by Gasteiger charge is -2.16. The molecule has 1 saturated carbocycles. The van der Waals surface area contributed by atoms with E-state index in [2.05, 4.69) is 10.3 Å². The molecule has 0 unspecified atom stereocenters. The molecule has 0 saturated heterocycles. The summed E-state index contributed by atoms with van der Waals surface area (Å²) in [5.74, 6) is -0.0406. The predicted molar refractivity (Wildman–Crippen MR) is 68.2 cm³/mol. The standard InChI is InChI=1S/C13H17ClN2O/c14-12-9-10(7-8-15-12)13(17)16-11-5-3-1-2-4-6-11/h7-9,11H,1-6H2,(H,16,17). The summed E-state index contributed by atoms with van der Waals surface area (Å²) in [5.41, 5.74) is 0.592. The van der Waals surface area contributed by atoms with Crippen molar-refractivity contribution < 1.29 is 4.79 Å². The molecule has 1 N–H and O–H groups in total. The average molecular weight is 253 g/mol. The lowest BCUT2D eigenvalue weighted by atomic mass is 10.1. The summed E-state index contributed by atoms with van der Waals surface area (Å²) in [5, 5.41) is 3.44. The highest BCUT2D eigenvalue weighted by Crippen LogP contribution is 2.17. The molecule has 1 fully saturated rings. The summed E-state index contributed by atoms with van der Waals surface area (Å²) in [4.78, 5) is 15.8. The fraction of sp³-hybridized carbons (Fsp3) is 0.538. The predicted octanol–water partition coefficient (Wildman–Crippen LogP) is 3.19. The van der Waals surface area contributed by atoms with E-state index >= 15 is 0 Å². The van der Waals surface area contributed by atoms with Crippen molar-refractivity contribution in [3.05, 3.63) is 29.0 Å². The third kappa shape index (κ3) is 3.70. The number of hydrogen-bond acceptors (Lipinski definition) is 2. The number of aromatic nitrogens is 1. The summed E-state index contributed by atoms with van der Waals surface area (Å²) >= 11 is 5.77. The highest BCUT2D eigenvalue weighted by molar-refractivity contribution is 6.29. The van der Waals surface area contributed by atoms with E-state index in [1.54, 1.807) is 18.3 Å². The van der Waals surface area contributed by atoms with Crippen molar-refractivity contribution in [3.63, 3.8) is 0 Å². The Bertz CT molecular complexity index is 387. The molecule has 4 heteroatoms. The fourth-order valence-electron chi connectivity index (χ4n) is 2.24. The normalized spacial score (nSPS) is 17.5. The quantitative estimate of drug-likeness (QED) is 0.649. The van der Waals surface area contributed by atoms with Crippen LogP contribution in [-0.2, 0) is 0 Å². The molecule has 1 amide bonds. The Morgan fingerprint density at radius 3 is 2.65 bits per heavy atom. The summed E-state index contributed by atoms with van der Waals surface area (Å²) in [6.07, 6.45) is 8.73. The Morgan fingerprint density at radius 2 is 2.00 bits per heavy atom. The number of hydrogen-bond donors (Lipinski definition) is 1. The molecule has 3 nitrogen and oxygen atoms in total. The highest BCUT2D eigenvalue weighted by Gasteiger charge is 2.15. The van der Waals surface area contributed by atoms with Crippen LogP contribution in [0.1, 0.15) is 48.9 Å². The Morgan fingerprint density at radius 1 is 1.29 bits per heavy atom. The Balaban J connectivity index is 1.96. The summed E-state index contributed by atoms with van der Waals surface area (Å²) in [7, 11) is 0. The smallest absolute Gasteiger partial charge is 0.251 e. The lowest BCUT2D eigenvalue weighted by molar-refractivity contribution is 0.0933. The van der Waals surface area contributed by atoms with E-state index in [0.717, 1.165) is 12.8 Å². The van der Waals surface area contributed by atoms with Crippen LogP contribution in [0.25, 0.3) is 0 Å². The van der Waals surface area contributed by atoms with Gasteiger partial charge in [0.1, 0.15) is 5.15 Å². The summed E-state index contributed by atoms with van der Waals surface area (Å²) < 4.78 is 0. The van der Waals surface area contributed by atoms with E-state index in [9.17, 15) is 4.79 Å². The molecule has 0 bridgehead atoms. The zero-order valence-electron chi connectivity index (χ0n) is 9.79. The molecule has 0 spiro atoms. The molecule has 1 heterocycles. The number of amides is 1. The van der Waals surface area contributed by atoms with Crippen LogP contribution >= 0.6 is 11.6 Å². The van der Waals surface area contributed by atoms with Gasteiger partial charge in [-0.1, -0.05) is 37.3 Å². The first-order chi connectivity index (χ1) is 8.25. The van der Waals surface area contributed by atoms with E-state index in [4.69, 9.17) is 11.6 Å². The van der Waals surface area contributed by atoms with Crippen LogP contribution in [0.2, 0.25) is 5.15 Å². The monoisotopic (exact) mass is 252 g/mol. The average Bonchev–Trinajstić information content (AvgIpc) is 2.57. The van der Waals surface area contributed by atoms with Gasteiger partial charge in [0.25, 0.3) is 5.91 Å². The SMILES string of the molecule is O=C(NC1CCCCCC1)c1ccnc(Cl)c1. The third-order valence-corrected chi connectivity index (χ3v) is 3.39. The van der Waals surface area contributed by atoms with Gasteiger partial charge in [0, 0.05) is 17.8 Å². The molecule has 0 aliphatic heterocycles. The minimum Gasteiger partial charge on any atom is -0.349 e. The molecular formula is C13H17ClN2O. The zero-order chi connectivity index (χ0) is 12.1. The van der Waals surface area contributed by atoms with Gasteiger partial charge in [-0.25, -0.2) is 4.98 Å². The lowest BCUT2D eigenvalue weighted by Crippen LogP contribution is -2.34. The number of nitrogens with one attached hydrogen (secondary N) is 1. The number of carbonyl (C=O) groups excluding carboxylic acids is 1. The van der Waals surface area contributed by atoms with Crippen molar-refractivity contribution >= 4 is 17.5 Å². The van der Waals surface area contributed by atoms with Crippen molar-refractivity contribution in [3.8, 4) is 0 Å². The van der Waals surface area contributed by atoms with Gasteiger partial charge in [-0.2, -0.15) is 0 Å². The summed E-state index contributed by atoms with van der Waals surface area (Å²) in [6.45, 7) is 0. The van der Waals surface area contributed by atoms with Gasteiger partial charge in [0.2, 0.25) is 0 Å². The molecule has 1 aromatic heterocycles. The maximum Gasteiger partial charge on any atom is 0.251 e. The van der Waals surface area contributed by atoms with Crippen LogP contribution in [-0.4, -0.2) is 16.9 Å². The van der Waals surface area contributed by atoms with E-state index in [1.165, 1.54) is 25.7 Å². The number of halogens is 1. The van der Waals surface area contributed by atoms with Gasteiger partial charge in [-0.3, -0.25) is 4.79 Å². The number of nitrogens with zero attached hydrogens (tertiary/aromatic N) is 1. The van der Waals surface area contributed by atoms with Crippen molar-refractivity contribution in [2.45, 2.75) is 44.6 Å². The van der Waals surface area contributed by atoms with Gasteiger partial charge >= 0.3 is 0 Å². The first kappa shape index (κ1) is 12.4. The second kappa shape index (κ2) is 6.01. The van der Waals surface area contributed by atoms with Crippen molar-refractivity contribution in [1.82, 2.24) is 10.3 Å². The first-order valence-electron chi connectivity index (χ1n) is 6.18. The number of pyridine rings is 1. The maximum atomic E-state index is 12.0.